The van der Waals surface area contributed by atoms with Crippen molar-refractivity contribution in [3.8, 4) is 5.75 Å². The van der Waals surface area contributed by atoms with Crippen LogP contribution in [-0.2, 0) is 4.74 Å². The number of rotatable bonds is 4. The molecule has 2 saturated heterocycles. The van der Waals surface area contributed by atoms with E-state index >= 15 is 0 Å². The van der Waals surface area contributed by atoms with Gasteiger partial charge in [0.1, 0.15) is 12.4 Å². The Bertz CT molecular complexity index is 438. The van der Waals surface area contributed by atoms with Crippen LogP contribution in [0.2, 0.25) is 0 Å². The lowest BCUT2D eigenvalue weighted by Gasteiger charge is -2.33. The quantitative estimate of drug-likeness (QED) is 0.926. The summed E-state index contributed by atoms with van der Waals surface area (Å²) in [5.74, 6) is 0.974. The Morgan fingerprint density at radius 2 is 1.95 bits per heavy atom. The minimum Gasteiger partial charge on any atom is -0.489 e. The first-order chi connectivity index (χ1) is 10.3. The van der Waals surface area contributed by atoms with Crippen LogP contribution in [0.4, 0.5) is 5.69 Å². The van der Waals surface area contributed by atoms with Crippen molar-refractivity contribution in [3.63, 3.8) is 0 Å². The van der Waals surface area contributed by atoms with E-state index in [1.807, 2.05) is 6.07 Å². The number of hydrogen-bond acceptors (Lipinski definition) is 4. The van der Waals surface area contributed by atoms with Gasteiger partial charge in [0.25, 0.3) is 0 Å². The van der Waals surface area contributed by atoms with Crippen molar-refractivity contribution in [2.75, 3.05) is 31.2 Å². The van der Waals surface area contributed by atoms with E-state index in [2.05, 4.69) is 23.1 Å². The zero-order valence-corrected chi connectivity index (χ0v) is 12.7. The molecular formula is C17H26N2O2. The van der Waals surface area contributed by atoms with Gasteiger partial charge in [0.15, 0.2) is 0 Å². The number of nitrogens with zero attached hydrogens (tertiary/aromatic N) is 1. The Labute approximate surface area is 127 Å². The monoisotopic (exact) mass is 290 g/mol. The smallest absolute Gasteiger partial charge is 0.142 e. The average molecular weight is 290 g/mol. The van der Waals surface area contributed by atoms with Gasteiger partial charge in [0, 0.05) is 25.7 Å². The maximum Gasteiger partial charge on any atom is 0.142 e. The van der Waals surface area contributed by atoms with Crippen molar-refractivity contribution in [1.29, 1.82) is 0 Å². The Hall–Kier alpha value is -1.26. The van der Waals surface area contributed by atoms with Crippen LogP contribution in [0.5, 0.6) is 5.75 Å². The van der Waals surface area contributed by atoms with Crippen molar-refractivity contribution in [2.45, 2.75) is 44.2 Å². The van der Waals surface area contributed by atoms with Crippen molar-refractivity contribution in [1.82, 2.24) is 0 Å². The normalized spacial score (nSPS) is 24.0. The molecule has 4 nitrogen and oxygen atoms in total. The van der Waals surface area contributed by atoms with Crippen LogP contribution in [0, 0.1) is 0 Å². The maximum atomic E-state index is 6.06. The molecule has 4 heteroatoms. The van der Waals surface area contributed by atoms with Gasteiger partial charge in [-0.15, -0.1) is 0 Å². The number of anilines is 1. The molecule has 0 bridgehead atoms. The van der Waals surface area contributed by atoms with Gasteiger partial charge >= 0.3 is 0 Å². The van der Waals surface area contributed by atoms with Crippen LogP contribution in [-0.4, -0.2) is 38.4 Å². The van der Waals surface area contributed by atoms with Gasteiger partial charge in [-0.05, 0) is 44.2 Å². The molecule has 2 fully saturated rings. The summed E-state index contributed by atoms with van der Waals surface area (Å²) in [4.78, 5) is 2.39. The molecular weight excluding hydrogens is 264 g/mol. The lowest BCUT2D eigenvalue weighted by molar-refractivity contribution is -0.0109. The summed E-state index contributed by atoms with van der Waals surface area (Å²) >= 11 is 0. The number of para-hydroxylation sites is 2. The summed E-state index contributed by atoms with van der Waals surface area (Å²) in [6.07, 6.45) is 5.91. The lowest BCUT2D eigenvalue weighted by atomic mass is 10.1. The van der Waals surface area contributed by atoms with Crippen LogP contribution < -0.4 is 15.4 Å². The zero-order chi connectivity index (χ0) is 14.5. The van der Waals surface area contributed by atoms with Crippen LogP contribution in [0.3, 0.4) is 0 Å². The van der Waals surface area contributed by atoms with Crippen molar-refractivity contribution in [2.24, 2.45) is 5.73 Å². The number of piperidine rings is 1. The fourth-order valence-electron chi connectivity index (χ4n) is 3.10. The van der Waals surface area contributed by atoms with Crippen LogP contribution in [0.15, 0.2) is 24.3 Å². The lowest BCUT2D eigenvalue weighted by Crippen LogP contribution is -2.39. The highest BCUT2D eigenvalue weighted by Gasteiger charge is 2.20. The number of benzene rings is 1. The minimum absolute atomic E-state index is 0.251. The zero-order valence-electron chi connectivity index (χ0n) is 12.7. The fourth-order valence-corrected chi connectivity index (χ4v) is 3.10. The highest BCUT2D eigenvalue weighted by atomic mass is 16.5. The molecule has 0 radical (unpaired) electrons. The second-order valence-corrected chi connectivity index (χ2v) is 6.09. The molecule has 2 aliphatic rings. The number of hydrogen-bond donors (Lipinski definition) is 1. The van der Waals surface area contributed by atoms with E-state index < -0.39 is 0 Å². The minimum atomic E-state index is 0.251. The Kier molecular flexibility index (Phi) is 4.99. The topological polar surface area (TPSA) is 47.7 Å². The molecule has 0 aromatic heterocycles. The van der Waals surface area contributed by atoms with Gasteiger partial charge in [0.05, 0.1) is 11.8 Å². The molecule has 0 saturated carbocycles. The van der Waals surface area contributed by atoms with Gasteiger partial charge in [-0.2, -0.15) is 0 Å². The third-order valence-corrected chi connectivity index (χ3v) is 4.44. The molecule has 0 aliphatic carbocycles. The Morgan fingerprint density at radius 3 is 2.71 bits per heavy atom. The van der Waals surface area contributed by atoms with Gasteiger partial charge in [-0.25, -0.2) is 0 Å². The van der Waals surface area contributed by atoms with E-state index in [1.54, 1.807) is 0 Å². The molecule has 1 unspecified atom stereocenters. The van der Waals surface area contributed by atoms with E-state index in [-0.39, 0.29) is 6.10 Å². The molecule has 116 valence electrons. The van der Waals surface area contributed by atoms with E-state index in [1.165, 1.54) is 18.5 Å². The maximum absolute atomic E-state index is 6.06. The van der Waals surface area contributed by atoms with Crippen LogP contribution >= 0.6 is 0 Å². The predicted molar refractivity (Wildman–Crippen MR) is 85.0 cm³/mol. The predicted octanol–water partition coefficient (Wildman–Crippen LogP) is 2.56. The second-order valence-electron chi connectivity index (χ2n) is 6.09. The highest BCUT2D eigenvalue weighted by Crippen LogP contribution is 2.30. The molecule has 3 rings (SSSR count). The summed E-state index contributed by atoms with van der Waals surface area (Å²) in [6.45, 7) is 3.56. The first-order valence-electron chi connectivity index (χ1n) is 8.17. The molecule has 0 amide bonds. The largest absolute Gasteiger partial charge is 0.489 e. The van der Waals surface area contributed by atoms with Gasteiger partial charge in [-0.1, -0.05) is 12.1 Å². The average Bonchev–Trinajstić information content (AvgIpc) is 2.55. The van der Waals surface area contributed by atoms with E-state index in [0.717, 1.165) is 44.7 Å². The summed E-state index contributed by atoms with van der Waals surface area (Å²) in [5.41, 5.74) is 7.19. The van der Waals surface area contributed by atoms with Gasteiger partial charge in [0.2, 0.25) is 0 Å². The second kappa shape index (κ2) is 7.14. The number of nitrogens with two attached hydrogens (primary N) is 1. The van der Waals surface area contributed by atoms with Crippen LogP contribution in [0.1, 0.15) is 32.1 Å². The molecule has 21 heavy (non-hydrogen) atoms. The number of ether oxygens (including phenoxy) is 2. The van der Waals surface area contributed by atoms with Gasteiger partial charge < -0.3 is 20.1 Å². The Balaban J connectivity index is 1.62. The van der Waals surface area contributed by atoms with Crippen molar-refractivity contribution in [3.05, 3.63) is 24.3 Å². The Morgan fingerprint density at radius 1 is 1.14 bits per heavy atom. The molecule has 1 aromatic carbocycles. The van der Waals surface area contributed by atoms with E-state index in [9.17, 15) is 0 Å². The van der Waals surface area contributed by atoms with Crippen LogP contribution in [0.25, 0.3) is 0 Å². The molecule has 2 heterocycles. The highest BCUT2D eigenvalue weighted by molar-refractivity contribution is 5.58. The summed E-state index contributed by atoms with van der Waals surface area (Å²) in [7, 11) is 0. The van der Waals surface area contributed by atoms with E-state index in [4.69, 9.17) is 15.2 Å². The molecule has 1 aromatic rings. The molecule has 1 atom stereocenters. The van der Waals surface area contributed by atoms with Crippen molar-refractivity contribution >= 4 is 5.69 Å². The molecule has 2 N–H and O–H groups in total. The summed E-state index contributed by atoms with van der Waals surface area (Å²) < 4.78 is 11.8. The summed E-state index contributed by atoms with van der Waals surface area (Å²) in [6, 6.07) is 8.68. The third-order valence-electron chi connectivity index (χ3n) is 4.44. The first-order valence-corrected chi connectivity index (χ1v) is 8.17. The first kappa shape index (κ1) is 14.7. The molecule has 0 spiro atoms. The van der Waals surface area contributed by atoms with Gasteiger partial charge in [-0.3, -0.25) is 0 Å². The third kappa shape index (κ3) is 3.89. The SMILES string of the molecule is NC1CCN(c2ccccc2OCC2CCCCO2)CC1. The molecule has 2 aliphatic heterocycles. The fraction of sp³-hybridized carbons (Fsp3) is 0.647. The summed E-state index contributed by atoms with van der Waals surface area (Å²) in [5, 5.41) is 0. The van der Waals surface area contributed by atoms with Crippen molar-refractivity contribution < 1.29 is 9.47 Å². The standard InChI is InChI=1S/C17H26N2O2/c18-14-8-10-19(11-9-14)16-6-1-2-7-17(16)21-13-15-5-3-4-12-20-15/h1-2,6-7,14-15H,3-5,8-13,18H2. The van der Waals surface area contributed by atoms with E-state index in [0.29, 0.717) is 12.6 Å².